The number of hydrogen-bond donors (Lipinski definition) is 1. The fourth-order valence-electron chi connectivity index (χ4n) is 2.77. The van der Waals surface area contributed by atoms with Crippen molar-refractivity contribution in [3.63, 3.8) is 0 Å². The van der Waals surface area contributed by atoms with Crippen molar-refractivity contribution in [1.82, 2.24) is 4.98 Å². The van der Waals surface area contributed by atoms with Crippen LogP contribution in [-0.2, 0) is 14.8 Å². The van der Waals surface area contributed by atoms with E-state index in [1.165, 1.54) is 38.6 Å². The van der Waals surface area contributed by atoms with Crippen LogP contribution in [0.25, 0.3) is 0 Å². The molecule has 0 fully saturated rings. The van der Waals surface area contributed by atoms with Crippen molar-refractivity contribution in [3.05, 3.63) is 82.9 Å². The summed E-state index contributed by atoms with van der Waals surface area (Å²) in [5.41, 5.74) is 1.42. The third-order valence-corrected chi connectivity index (χ3v) is 5.74. The van der Waals surface area contributed by atoms with E-state index < -0.39 is 21.8 Å². The Bertz CT molecular complexity index is 1340. The average molecular weight is 454 g/mol. The quantitative estimate of drug-likeness (QED) is 0.468. The highest BCUT2D eigenvalue weighted by Gasteiger charge is 2.17. The topological polar surface area (TPSA) is 94.6 Å². The van der Waals surface area contributed by atoms with Crippen LogP contribution in [0, 0.1) is 24.6 Å². The third-order valence-electron chi connectivity index (χ3n) is 4.38. The van der Waals surface area contributed by atoms with Crippen molar-refractivity contribution in [2.45, 2.75) is 11.8 Å². The number of aromatic nitrogens is 1. The molecule has 2 aromatic carbocycles. The first-order valence-corrected chi connectivity index (χ1v) is 10.7. The Morgan fingerprint density at radius 2 is 1.88 bits per heavy atom. The maximum Gasteiger partial charge on any atom is 0.356 e. The Balaban J connectivity index is 1.95. The molecule has 3 aromatic rings. The van der Waals surface area contributed by atoms with Crippen LogP contribution in [0.1, 0.15) is 27.2 Å². The molecular formula is C23H19FN2O5S. The average Bonchev–Trinajstić information content (AvgIpc) is 2.78. The second-order valence-corrected chi connectivity index (χ2v) is 8.29. The number of anilines is 1. The molecule has 7 nitrogen and oxygen atoms in total. The molecule has 1 N–H and O–H groups in total. The van der Waals surface area contributed by atoms with Gasteiger partial charge in [-0.05, 0) is 48.9 Å². The lowest BCUT2D eigenvalue weighted by Gasteiger charge is -2.11. The van der Waals surface area contributed by atoms with E-state index in [-0.39, 0.29) is 21.8 Å². The number of ether oxygens (including phenoxy) is 2. The molecule has 0 atom stereocenters. The zero-order valence-corrected chi connectivity index (χ0v) is 18.3. The number of rotatable bonds is 5. The molecule has 0 unspecified atom stereocenters. The van der Waals surface area contributed by atoms with Crippen molar-refractivity contribution in [2.75, 3.05) is 18.9 Å². The summed E-state index contributed by atoms with van der Waals surface area (Å²) >= 11 is 0. The second kappa shape index (κ2) is 9.49. The van der Waals surface area contributed by atoms with E-state index >= 15 is 0 Å². The zero-order valence-electron chi connectivity index (χ0n) is 17.5. The molecule has 0 amide bonds. The number of methoxy groups -OCH3 is 2. The van der Waals surface area contributed by atoms with Crippen LogP contribution in [0.3, 0.4) is 0 Å². The second-order valence-electron chi connectivity index (χ2n) is 6.61. The number of aryl methyl sites for hydroxylation is 1. The Morgan fingerprint density at radius 1 is 1.09 bits per heavy atom. The van der Waals surface area contributed by atoms with Gasteiger partial charge in [0.25, 0.3) is 10.0 Å². The summed E-state index contributed by atoms with van der Waals surface area (Å²) in [6.45, 7) is 1.68. The number of hydrogen-bond acceptors (Lipinski definition) is 6. The van der Waals surface area contributed by atoms with Gasteiger partial charge in [0.1, 0.15) is 11.6 Å². The van der Waals surface area contributed by atoms with Crippen LogP contribution in [0.2, 0.25) is 0 Å². The Hall–Kier alpha value is -3.90. The molecule has 0 saturated carbocycles. The predicted octanol–water partition coefficient (Wildman–Crippen LogP) is 3.52. The van der Waals surface area contributed by atoms with E-state index in [1.807, 2.05) is 0 Å². The number of pyridine rings is 1. The highest BCUT2D eigenvalue weighted by Crippen LogP contribution is 2.23. The zero-order chi connectivity index (χ0) is 23.3. The monoisotopic (exact) mass is 454 g/mol. The molecular weight excluding hydrogens is 435 g/mol. The molecule has 1 aromatic heterocycles. The number of carbonyl (C=O) groups excluding carboxylic acids is 1. The summed E-state index contributed by atoms with van der Waals surface area (Å²) in [4.78, 5) is 15.7. The number of esters is 1. The van der Waals surface area contributed by atoms with Crippen LogP contribution in [0.4, 0.5) is 10.1 Å². The first kappa shape index (κ1) is 22.8. The van der Waals surface area contributed by atoms with Gasteiger partial charge in [-0.2, -0.15) is 0 Å². The van der Waals surface area contributed by atoms with E-state index in [0.717, 1.165) is 12.1 Å². The Morgan fingerprint density at radius 3 is 2.56 bits per heavy atom. The molecule has 0 saturated heterocycles. The van der Waals surface area contributed by atoms with Gasteiger partial charge in [-0.15, -0.1) is 0 Å². The smallest absolute Gasteiger partial charge is 0.356 e. The first-order valence-electron chi connectivity index (χ1n) is 9.27. The van der Waals surface area contributed by atoms with Crippen molar-refractivity contribution in [3.8, 4) is 17.6 Å². The van der Waals surface area contributed by atoms with Crippen LogP contribution < -0.4 is 9.46 Å². The van der Waals surface area contributed by atoms with Gasteiger partial charge < -0.3 is 9.47 Å². The van der Waals surface area contributed by atoms with Crippen molar-refractivity contribution < 1.29 is 27.1 Å². The van der Waals surface area contributed by atoms with Crippen LogP contribution in [0.15, 0.2) is 59.6 Å². The molecule has 1 heterocycles. The standard InChI is InChI=1S/C23H19FN2O5S/c1-15-11-16(14-25-22(15)23(27)31-3)7-8-17-12-18(24)9-10-21(17)26-32(28,29)20-6-4-5-19(13-20)30-2/h4-6,9-14,26H,1-3H3. The normalized spacial score (nSPS) is 10.6. The van der Waals surface area contributed by atoms with Gasteiger partial charge in [0.05, 0.1) is 30.4 Å². The van der Waals surface area contributed by atoms with E-state index in [9.17, 15) is 17.6 Å². The summed E-state index contributed by atoms with van der Waals surface area (Å²) < 4.78 is 51.6. The molecule has 3 rings (SSSR count). The number of nitrogens with one attached hydrogen (secondary N) is 1. The van der Waals surface area contributed by atoms with Gasteiger partial charge in [-0.3, -0.25) is 4.72 Å². The summed E-state index contributed by atoms with van der Waals surface area (Å²) in [6.07, 6.45) is 1.38. The highest BCUT2D eigenvalue weighted by atomic mass is 32.2. The molecule has 9 heteroatoms. The summed E-state index contributed by atoms with van der Waals surface area (Å²) in [6, 6.07) is 11.1. The third kappa shape index (κ3) is 5.22. The van der Waals surface area contributed by atoms with Gasteiger partial charge in [0, 0.05) is 17.8 Å². The van der Waals surface area contributed by atoms with Gasteiger partial charge in [-0.1, -0.05) is 17.9 Å². The number of nitrogens with zero attached hydrogens (tertiary/aromatic N) is 1. The van der Waals surface area contributed by atoms with Crippen molar-refractivity contribution in [1.29, 1.82) is 0 Å². The highest BCUT2D eigenvalue weighted by molar-refractivity contribution is 7.92. The van der Waals surface area contributed by atoms with Crippen LogP contribution in [0.5, 0.6) is 5.75 Å². The SMILES string of the molecule is COC(=O)c1ncc(C#Cc2cc(F)ccc2NS(=O)(=O)c2cccc(OC)c2)cc1C. The lowest BCUT2D eigenvalue weighted by molar-refractivity contribution is 0.0593. The van der Waals surface area contributed by atoms with Gasteiger partial charge in [0.15, 0.2) is 5.69 Å². The fourth-order valence-corrected chi connectivity index (χ4v) is 3.89. The summed E-state index contributed by atoms with van der Waals surface area (Å²) in [5.74, 6) is 4.81. The van der Waals surface area contributed by atoms with E-state index in [4.69, 9.17) is 4.74 Å². The van der Waals surface area contributed by atoms with Gasteiger partial charge in [0.2, 0.25) is 0 Å². The maximum atomic E-state index is 13.8. The summed E-state index contributed by atoms with van der Waals surface area (Å²) in [7, 11) is -1.28. The fraction of sp³-hybridized carbons (Fsp3) is 0.130. The van der Waals surface area contributed by atoms with Gasteiger partial charge >= 0.3 is 5.97 Å². The Kier molecular flexibility index (Phi) is 6.76. The minimum atomic E-state index is -3.97. The molecule has 0 bridgehead atoms. The lowest BCUT2D eigenvalue weighted by Crippen LogP contribution is -2.14. The predicted molar refractivity (Wildman–Crippen MR) is 116 cm³/mol. The molecule has 0 aliphatic carbocycles. The molecule has 0 radical (unpaired) electrons. The number of halogens is 1. The number of sulfonamides is 1. The largest absolute Gasteiger partial charge is 0.497 e. The van der Waals surface area contributed by atoms with Crippen LogP contribution in [-0.4, -0.2) is 33.6 Å². The van der Waals surface area contributed by atoms with Crippen molar-refractivity contribution in [2.24, 2.45) is 0 Å². The minimum Gasteiger partial charge on any atom is -0.497 e. The van der Waals surface area contributed by atoms with E-state index in [0.29, 0.717) is 16.9 Å². The van der Waals surface area contributed by atoms with Gasteiger partial charge in [-0.25, -0.2) is 22.6 Å². The molecule has 0 spiro atoms. The van der Waals surface area contributed by atoms with Crippen molar-refractivity contribution >= 4 is 21.7 Å². The number of carbonyl (C=O) groups is 1. The maximum absolute atomic E-state index is 13.8. The Labute approximate surface area is 185 Å². The van der Waals surface area contributed by atoms with E-state index in [2.05, 4.69) is 26.3 Å². The van der Waals surface area contributed by atoms with Crippen LogP contribution >= 0.6 is 0 Å². The minimum absolute atomic E-state index is 0.0155. The molecule has 0 aliphatic rings. The lowest BCUT2D eigenvalue weighted by atomic mass is 10.1. The molecule has 164 valence electrons. The first-order chi connectivity index (χ1) is 15.2. The molecule has 0 aliphatic heterocycles. The summed E-state index contributed by atoms with van der Waals surface area (Å²) in [5, 5.41) is 0. The number of benzene rings is 2. The molecule has 32 heavy (non-hydrogen) atoms. The van der Waals surface area contributed by atoms with E-state index in [1.54, 1.807) is 25.1 Å².